The van der Waals surface area contributed by atoms with Crippen molar-refractivity contribution in [3.63, 3.8) is 0 Å². The Hall–Kier alpha value is -0.790. The van der Waals surface area contributed by atoms with Gasteiger partial charge in [-0.25, -0.2) is 0 Å². The molecule has 1 aromatic carbocycles. The first-order valence-electron chi connectivity index (χ1n) is 6.63. The highest BCUT2D eigenvalue weighted by Gasteiger charge is 2.01. The molecule has 0 spiro atoms. The first-order valence-corrected chi connectivity index (χ1v) is 7.01. The van der Waals surface area contributed by atoms with Gasteiger partial charge in [0.05, 0.1) is 0 Å². The van der Waals surface area contributed by atoms with E-state index in [9.17, 15) is 0 Å². The summed E-state index contributed by atoms with van der Waals surface area (Å²) in [5, 5.41) is 4.29. The lowest BCUT2D eigenvalue weighted by Gasteiger charge is -2.08. The van der Waals surface area contributed by atoms with E-state index in [0.29, 0.717) is 6.04 Å². The standard InChI is InChI=1S/C16H24ClN/c1-12(2)18-9-5-6-13(3)10-15-8-7-14(4)11-16(15)17/h6-8,11-12,18H,5,9-10H2,1-4H3/b13-6-. The number of halogens is 1. The summed E-state index contributed by atoms with van der Waals surface area (Å²) >= 11 is 6.24. The number of nitrogens with one attached hydrogen (secondary N) is 1. The fourth-order valence-corrected chi connectivity index (χ4v) is 2.16. The van der Waals surface area contributed by atoms with E-state index in [1.165, 1.54) is 16.7 Å². The Morgan fingerprint density at radius 1 is 1.39 bits per heavy atom. The second-order valence-electron chi connectivity index (χ2n) is 5.22. The summed E-state index contributed by atoms with van der Waals surface area (Å²) in [6.07, 6.45) is 4.32. The van der Waals surface area contributed by atoms with E-state index in [0.717, 1.165) is 24.4 Å². The van der Waals surface area contributed by atoms with Gasteiger partial charge in [-0.15, -0.1) is 0 Å². The summed E-state index contributed by atoms with van der Waals surface area (Å²) in [5.41, 5.74) is 3.81. The van der Waals surface area contributed by atoms with Crippen LogP contribution in [0.5, 0.6) is 0 Å². The molecular weight excluding hydrogens is 242 g/mol. The van der Waals surface area contributed by atoms with E-state index in [1.54, 1.807) is 0 Å². The highest BCUT2D eigenvalue weighted by atomic mass is 35.5. The van der Waals surface area contributed by atoms with E-state index >= 15 is 0 Å². The van der Waals surface area contributed by atoms with Crippen LogP contribution in [0.2, 0.25) is 5.02 Å². The minimum Gasteiger partial charge on any atom is -0.314 e. The van der Waals surface area contributed by atoms with Crippen LogP contribution in [0.1, 0.15) is 38.3 Å². The summed E-state index contributed by atoms with van der Waals surface area (Å²) in [4.78, 5) is 0. The molecule has 2 heteroatoms. The van der Waals surface area contributed by atoms with Gasteiger partial charge in [-0.05, 0) is 50.4 Å². The van der Waals surface area contributed by atoms with Crippen molar-refractivity contribution in [2.75, 3.05) is 6.54 Å². The number of allylic oxidation sites excluding steroid dienone is 1. The molecule has 0 fully saturated rings. The van der Waals surface area contributed by atoms with Crippen molar-refractivity contribution in [1.82, 2.24) is 5.32 Å². The predicted molar refractivity (Wildman–Crippen MR) is 81.4 cm³/mol. The van der Waals surface area contributed by atoms with Crippen molar-refractivity contribution in [2.45, 2.75) is 46.6 Å². The molecule has 0 aliphatic rings. The zero-order valence-corrected chi connectivity index (χ0v) is 12.6. The Balaban J connectivity index is 2.48. The van der Waals surface area contributed by atoms with Crippen LogP contribution in [0, 0.1) is 6.92 Å². The van der Waals surface area contributed by atoms with Gasteiger partial charge in [0, 0.05) is 11.1 Å². The Kier molecular flexibility index (Phi) is 6.45. The topological polar surface area (TPSA) is 12.0 Å². The fourth-order valence-electron chi connectivity index (χ4n) is 1.86. The Labute approximate surface area is 116 Å². The summed E-state index contributed by atoms with van der Waals surface area (Å²) in [6, 6.07) is 6.84. The number of rotatable bonds is 6. The van der Waals surface area contributed by atoms with Crippen LogP contribution in [-0.4, -0.2) is 12.6 Å². The molecule has 0 unspecified atom stereocenters. The Bertz CT molecular complexity index is 408. The minimum absolute atomic E-state index is 0.560. The lowest BCUT2D eigenvalue weighted by molar-refractivity contribution is 0.594. The van der Waals surface area contributed by atoms with Gasteiger partial charge in [-0.3, -0.25) is 0 Å². The maximum Gasteiger partial charge on any atom is 0.0443 e. The van der Waals surface area contributed by atoms with Gasteiger partial charge in [0.2, 0.25) is 0 Å². The Morgan fingerprint density at radius 2 is 2.11 bits per heavy atom. The molecule has 1 N–H and O–H groups in total. The summed E-state index contributed by atoms with van der Waals surface area (Å²) < 4.78 is 0. The number of benzene rings is 1. The van der Waals surface area contributed by atoms with Crippen LogP contribution < -0.4 is 5.32 Å². The summed E-state index contributed by atoms with van der Waals surface area (Å²) in [5.74, 6) is 0. The number of aryl methyl sites for hydroxylation is 1. The van der Waals surface area contributed by atoms with Gasteiger partial charge in [0.1, 0.15) is 0 Å². The van der Waals surface area contributed by atoms with Gasteiger partial charge in [0.15, 0.2) is 0 Å². The molecule has 1 rings (SSSR count). The van der Waals surface area contributed by atoms with Crippen LogP contribution in [0.25, 0.3) is 0 Å². The van der Waals surface area contributed by atoms with Crippen molar-refractivity contribution in [3.8, 4) is 0 Å². The molecule has 0 aliphatic carbocycles. The average Bonchev–Trinajstić information content (AvgIpc) is 2.28. The Morgan fingerprint density at radius 3 is 2.72 bits per heavy atom. The van der Waals surface area contributed by atoms with Crippen molar-refractivity contribution < 1.29 is 0 Å². The van der Waals surface area contributed by atoms with Crippen LogP contribution >= 0.6 is 11.6 Å². The van der Waals surface area contributed by atoms with E-state index in [-0.39, 0.29) is 0 Å². The van der Waals surface area contributed by atoms with Crippen molar-refractivity contribution in [2.24, 2.45) is 0 Å². The van der Waals surface area contributed by atoms with E-state index < -0.39 is 0 Å². The molecule has 0 bridgehead atoms. The van der Waals surface area contributed by atoms with Gasteiger partial charge in [0.25, 0.3) is 0 Å². The largest absolute Gasteiger partial charge is 0.314 e. The molecule has 0 atom stereocenters. The first kappa shape index (κ1) is 15.3. The second kappa shape index (κ2) is 7.60. The van der Waals surface area contributed by atoms with Crippen LogP contribution in [0.4, 0.5) is 0 Å². The molecular formula is C16H24ClN. The molecule has 1 nitrogen and oxygen atoms in total. The van der Waals surface area contributed by atoms with Crippen LogP contribution in [-0.2, 0) is 6.42 Å². The molecule has 0 saturated heterocycles. The van der Waals surface area contributed by atoms with Crippen LogP contribution in [0.15, 0.2) is 29.8 Å². The highest BCUT2D eigenvalue weighted by Crippen LogP contribution is 2.20. The zero-order valence-electron chi connectivity index (χ0n) is 11.9. The predicted octanol–water partition coefficient (Wildman–Crippen LogP) is 4.53. The van der Waals surface area contributed by atoms with Crippen LogP contribution in [0.3, 0.4) is 0 Å². The molecule has 0 aliphatic heterocycles. The monoisotopic (exact) mass is 265 g/mol. The molecule has 0 saturated carbocycles. The molecule has 0 aromatic heterocycles. The fraction of sp³-hybridized carbons (Fsp3) is 0.500. The SMILES string of the molecule is C/C(=C/CCNC(C)C)Cc1ccc(C)cc1Cl. The second-order valence-corrected chi connectivity index (χ2v) is 5.63. The highest BCUT2D eigenvalue weighted by molar-refractivity contribution is 6.31. The van der Waals surface area contributed by atoms with E-state index in [1.807, 2.05) is 6.07 Å². The number of hydrogen-bond donors (Lipinski definition) is 1. The summed E-state index contributed by atoms with van der Waals surface area (Å²) in [7, 11) is 0. The maximum atomic E-state index is 6.24. The third kappa shape index (κ3) is 5.70. The molecule has 0 radical (unpaired) electrons. The average molecular weight is 266 g/mol. The van der Waals surface area contributed by atoms with Gasteiger partial charge < -0.3 is 5.32 Å². The lowest BCUT2D eigenvalue weighted by Crippen LogP contribution is -2.23. The third-order valence-corrected chi connectivity index (χ3v) is 3.22. The molecule has 0 heterocycles. The molecule has 18 heavy (non-hydrogen) atoms. The van der Waals surface area contributed by atoms with Gasteiger partial charge in [-0.1, -0.05) is 49.2 Å². The molecule has 100 valence electrons. The zero-order chi connectivity index (χ0) is 13.5. The normalized spacial score (nSPS) is 12.2. The van der Waals surface area contributed by atoms with E-state index in [2.05, 4.69) is 51.2 Å². The van der Waals surface area contributed by atoms with Gasteiger partial charge in [-0.2, -0.15) is 0 Å². The first-order chi connectivity index (χ1) is 8.49. The smallest absolute Gasteiger partial charge is 0.0443 e. The third-order valence-electron chi connectivity index (χ3n) is 2.87. The van der Waals surface area contributed by atoms with Crippen molar-refractivity contribution in [3.05, 3.63) is 46.0 Å². The van der Waals surface area contributed by atoms with Gasteiger partial charge >= 0.3 is 0 Å². The van der Waals surface area contributed by atoms with Crippen molar-refractivity contribution >= 4 is 11.6 Å². The quantitative estimate of drug-likeness (QED) is 0.589. The molecule has 1 aromatic rings. The summed E-state index contributed by atoms with van der Waals surface area (Å²) in [6.45, 7) is 9.61. The van der Waals surface area contributed by atoms with E-state index in [4.69, 9.17) is 11.6 Å². The maximum absolute atomic E-state index is 6.24. The lowest BCUT2D eigenvalue weighted by atomic mass is 10.0. The minimum atomic E-state index is 0.560. The number of hydrogen-bond acceptors (Lipinski definition) is 1. The van der Waals surface area contributed by atoms with Crippen molar-refractivity contribution in [1.29, 1.82) is 0 Å². The molecule has 0 amide bonds.